The fourth-order valence-corrected chi connectivity index (χ4v) is 5.25. The van der Waals surface area contributed by atoms with Crippen molar-refractivity contribution in [2.45, 2.75) is 31.7 Å². The first-order valence-corrected chi connectivity index (χ1v) is 9.17. The normalized spacial score (nSPS) is 28.4. The Balaban J connectivity index is 2.10. The Morgan fingerprint density at radius 1 is 1.35 bits per heavy atom. The zero-order valence-electron chi connectivity index (χ0n) is 13.0. The fraction of sp³-hybridized carbons (Fsp3) is 0.625. The molecule has 0 aliphatic heterocycles. The third kappa shape index (κ3) is 2.86. The first kappa shape index (κ1) is 15.8. The highest BCUT2D eigenvalue weighted by Crippen LogP contribution is 2.56. The average molecular weight is 295 g/mol. The summed E-state index contributed by atoms with van der Waals surface area (Å²) in [6.45, 7) is 2.24. The molecule has 0 amide bonds. The van der Waals surface area contributed by atoms with Crippen molar-refractivity contribution in [2.75, 3.05) is 27.4 Å². The van der Waals surface area contributed by atoms with E-state index >= 15 is 0 Å². The molecule has 3 nitrogen and oxygen atoms in total. The smallest absolute Gasteiger partial charge is 0.231 e. The molecule has 0 heterocycles. The molecule has 1 unspecified atom stereocenters. The topological polar surface area (TPSA) is 29.5 Å². The van der Waals surface area contributed by atoms with Gasteiger partial charge in [-0.25, -0.2) is 0 Å². The Hall–Kier alpha value is -0.630. The van der Waals surface area contributed by atoms with Gasteiger partial charge in [-0.1, -0.05) is 31.5 Å². The third-order valence-corrected chi connectivity index (χ3v) is 7.35. The van der Waals surface area contributed by atoms with E-state index in [9.17, 15) is 4.57 Å². The van der Waals surface area contributed by atoms with Crippen LogP contribution in [-0.4, -0.2) is 37.8 Å². The number of hydrogen-bond acceptors (Lipinski definition) is 3. The first-order valence-electron chi connectivity index (χ1n) is 7.36. The molecule has 1 saturated carbocycles. The summed E-state index contributed by atoms with van der Waals surface area (Å²) in [5.74, 6) is 0.735. The van der Waals surface area contributed by atoms with Crippen molar-refractivity contribution in [2.24, 2.45) is 5.92 Å². The molecule has 0 spiro atoms. The lowest BCUT2D eigenvalue weighted by molar-refractivity contribution is 0.239. The van der Waals surface area contributed by atoms with Crippen molar-refractivity contribution in [3.8, 4) is 0 Å². The van der Waals surface area contributed by atoms with E-state index in [0.29, 0.717) is 6.16 Å². The predicted octanol–water partition coefficient (Wildman–Crippen LogP) is 3.36. The lowest BCUT2D eigenvalue weighted by Gasteiger charge is -2.27. The van der Waals surface area contributed by atoms with Crippen LogP contribution < -0.4 is 5.30 Å². The molecule has 112 valence electrons. The van der Waals surface area contributed by atoms with Crippen LogP contribution in [0.4, 0.5) is 0 Å². The minimum absolute atomic E-state index is 0.234. The maximum absolute atomic E-state index is 13.0. The molecule has 1 aromatic carbocycles. The molecule has 1 fully saturated rings. The van der Waals surface area contributed by atoms with Crippen LogP contribution in [0.25, 0.3) is 0 Å². The minimum atomic E-state index is -2.71. The Morgan fingerprint density at radius 3 is 2.45 bits per heavy atom. The molecule has 4 heteroatoms. The minimum Gasteiger partial charge on any atom is -0.329 e. The number of benzene rings is 1. The summed E-state index contributed by atoms with van der Waals surface area (Å²) in [4.78, 5) is 2.31. The Labute approximate surface area is 122 Å². The van der Waals surface area contributed by atoms with Crippen molar-refractivity contribution < 1.29 is 9.09 Å². The molecular weight excluding hydrogens is 269 g/mol. The SMILES string of the molecule is CC[C@H]1C[C@]1(CCP(=O)(OC)c1ccccc1)N(C)C. The highest BCUT2D eigenvalue weighted by molar-refractivity contribution is 7.66. The van der Waals surface area contributed by atoms with Gasteiger partial charge in [0, 0.05) is 24.1 Å². The summed E-state index contributed by atoms with van der Waals surface area (Å²) in [5, 5.41) is 0.838. The first-order chi connectivity index (χ1) is 9.48. The van der Waals surface area contributed by atoms with E-state index in [4.69, 9.17) is 4.52 Å². The van der Waals surface area contributed by atoms with E-state index in [-0.39, 0.29) is 5.54 Å². The maximum atomic E-state index is 13.0. The standard InChI is InChI=1S/C16H26NO2P/c1-5-14-13-16(14,17(2)3)11-12-20(18,19-4)15-9-7-6-8-10-15/h6-10,14H,5,11-13H2,1-4H3/t14-,16-,20?/m0/s1. The number of rotatable bonds is 7. The van der Waals surface area contributed by atoms with Crippen LogP contribution in [0, 0.1) is 5.92 Å². The van der Waals surface area contributed by atoms with Gasteiger partial charge in [-0.2, -0.15) is 0 Å². The van der Waals surface area contributed by atoms with Crippen LogP contribution in [0.15, 0.2) is 30.3 Å². The summed E-state index contributed by atoms with van der Waals surface area (Å²) in [6.07, 6.45) is 3.98. The van der Waals surface area contributed by atoms with Gasteiger partial charge in [-0.15, -0.1) is 0 Å². The van der Waals surface area contributed by atoms with Gasteiger partial charge in [0.15, 0.2) is 0 Å². The van der Waals surface area contributed by atoms with Crippen LogP contribution >= 0.6 is 7.37 Å². The second-order valence-corrected chi connectivity index (χ2v) is 8.65. The summed E-state index contributed by atoms with van der Waals surface area (Å²) in [5.41, 5.74) is 0.234. The van der Waals surface area contributed by atoms with Crippen LogP contribution in [0.1, 0.15) is 26.2 Å². The van der Waals surface area contributed by atoms with Crippen molar-refractivity contribution in [3.63, 3.8) is 0 Å². The molecule has 0 bridgehead atoms. The van der Waals surface area contributed by atoms with Crippen molar-refractivity contribution in [1.29, 1.82) is 0 Å². The Bertz CT molecular complexity index is 489. The lowest BCUT2D eigenvalue weighted by atomic mass is 10.1. The van der Waals surface area contributed by atoms with Gasteiger partial charge in [0.1, 0.15) is 0 Å². The summed E-state index contributed by atoms with van der Waals surface area (Å²) in [6, 6.07) is 9.62. The van der Waals surface area contributed by atoms with Crippen LogP contribution in [0.3, 0.4) is 0 Å². The van der Waals surface area contributed by atoms with E-state index in [1.807, 2.05) is 30.3 Å². The second kappa shape index (κ2) is 6.01. The largest absolute Gasteiger partial charge is 0.329 e. The van der Waals surface area contributed by atoms with Gasteiger partial charge in [0.2, 0.25) is 7.37 Å². The highest BCUT2D eigenvalue weighted by atomic mass is 31.2. The van der Waals surface area contributed by atoms with Gasteiger partial charge in [0.25, 0.3) is 0 Å². The van der Waals surface area contributed by atoms with Gasteiger partial charge < -0.3 is 9.42 Å². The van der Waals surface area contributed by atoms with Crippen LogP contribution in [0.5, 0.6) is 0 Å². The van der Waals surface area contributed by atoms with Crippen LogP contribution in [-0.2, 0) is 9.09 Å². The van der Waals surface area contributed by atoms with E-state index < -0.39 is 7.37 Å². The predicted molar refractivity (Wildman–Crippen MR) is 85.0 cm³/mol. The molecule has 0 radical (unpaired) electrons. The van der Waals surface area contributed by atoms with E-state index in [1.54, 1.807) is 7.11 Å². The molecule has 1 aliphatic rings. The fourth-order valence-electron chi connectivity index (χ4n) is 3.29. The van der Waals surface area contributed by atoms with Gasteiger partial charge >= 0.3 is 0 Å². The lowest BCUT2D eigenvalue weighted by Crippen LogP contribution is -2.33. The Morgan fingerprint density at radius 2 is 2.00 bits per heavy atom. The van der Waals surface area contributed by atoms with Crippen molar-refractivity contribution >= 4 is 12.7 Å². The molecular formula is C16H26NO2P. The molecule has 1 aromatic rings. The van der Waals surface area contributed by atoms with Gasteiger partial charge in [-0.05, 0) is 45.0 Å². The molecule has 2 rings (SSSR count). The van der Waals surface area contributed by atoms with E-state index in [0.717, 1.165) is 17.6 Å². The zero-order valence-corrected chi connectivity index (χ0v) is 13.9. The molecule has 0 saturated heterocycles. The Kier molecular flexibility index (Phi) is 4.73. The van der Waals surface area contributed by atoms with Crippen LogP contribution in [0.2, 0.25) is 0 Å². The monoisotopic (exact) mass is 295 g/mol. The zero-order chi connectivity index (χ0) is 14.8. The quantitative estimate of drug-likeness (QED) is 0.722. The maximum Gasteiger partial charge on any atom is 0.231 e. The number of hydrogen-bond donors (Lipinski definition) is 0. The van der Waals surface area contributed by atoms with E-state index in [1.165, 1.54) is 12.8 Å². The molecule has 20 heavy (non-hydrogen) atoms. The van der Waals surface area contributed by atoms with Crippen molar-refractivity contribution in [3.05, 3.63) is 30.3 Å². The summed E-state index contributed by atoms with van der Waals surface area (Å²) >= 11 is 0. The highest BCUT2D eigenvalue weighted by Gasteiger charge is 2.54. The second-order valence-electron chi connectivity index (χ2n) is 5.97. The molecule has 3 atom stereocenters. The molecule has 0 aromatic heterocycles. The van der Waals surface area contributed by atoms with Crippen molar-refractivity contribution in [1.82, 2.24) is 4.90 Å². The number of nitrogens with zero attached hydrogens (tertiary/aromatic N) is 1. The molecule has 1 aliphatic carbocycles. The van der Waals surface area contributed by atoms with Gasteiger partial charge in [-0.3, -0.25) is 4.57 Å². The summed E-state index contributed by atoms with van der Waals surface area (Å²) in [7, 11) is 3.13. The molecule has 0 N–H and O–H groups in total. The average Bonchev–Trinajstić information content (AvgIpc) is 3.21. The van der Waals surface area contributed by atoms with Gasteiger partial charge in [0.05, 0.1) is 0 Å². The third-order valence-electron chi connectivity index (χ3n) is 4.87. The summed E-state index contributed by atoms with van der Waals surface area (Å²) < 4.78 is 18.5. The van der Waals surface area contributed by atoms with E-state index in [2.05, 4.69) is 25.9 Å².